The van der Waals surface area contributed by atoms with Gasteiger partial charge in [-0.15, -0.1) is 0 Å². The van der Waals surface area contributed by atoms with Gasteiger partial charge in [-0.25, -0.2) is 0 Å². The molecule has 1 heterocycles. The normalized spacial score (nSPS) is 11.0. The minimum atomic E-state index is -0.0465. The average molecular weight is 302 g/mol. The van der Waals surface area contributed by atoms with Crippen LogP contribution in [0, 0.1) is 0 Å². The van der Waals surface area contributed by atoms with Crippen molar-refractivity contribution < 1.29 is 9.15 Å². The van der Waals surface area contributed by atoms with Crippen LogP contribution in [0.15, 0.2) is 75.9 Å². The molecule has 0 radical (unpaired) electrons. The second-order valence-corrected chi connectivity index (χ2v) is 5.34. The number of hydrogen-bond acceptors (Lipinski definition) is 3. The summed E-state index contributed by atoms with van der Waals surface area (Å²) in [6.07, 6.45) is 0. The molecule has 3 aromatic carbocycles. The van der Waals surface area contributed by atoms with Crippen LogP contribution in [0.5, 0.6) is 5.75 Å². The molecule has 4 rings (SSSR count). The Kier molecular flexibility index (Phi) is 3.12. The van der Waals surface area contributed by atoms with Crippen LogP contribution in [0.4, 0.5) is 0 Å². The molecule has 0 saturated heterocycles. The molecule has 3 nitrogen and oxygen atoms in total. The van der Waals surface area contributed by atoms with Gasteiger partial charge in [-0.3, -0.25) is 4.79 Å². The van der Waals surface area contributed by atoms with Gasteiger partial charge >= 0.3 is 0 Å². The van der Waals surface area contributed by atoms with Crippen LogP contribution in [-0.2, 0) is 0 Å². The van der Waals surface area contributed by atoms with Gasteiger partial charge in [-0.05, 0) is 18.2 Å². The van der Waals surface area contributed by atoms with Gasteiger partial charge in [0.05, 0.1) is 12.5 Å². The summed E-state index contributed by atoms with van der Waals surface area (Å²) < 4.78 is 11.5. The number of fused-ring (bicyclic) bond motifs is 3. The third-order valence-electron chi connectivity index (χ3n) is 3.99. The van der Waals surface area contributed by atoms with Gasteiger partial charge < -0.3 is 9.15 Å². The molecule has 112 valence electrons. The van der Waals surface area contributed by atoms with Crippen LogP contribution in [-0.4, -0.2) is 7.11 Å². The number of methoxy groups -OCH3 is 1. The number of benzene rings is 3. The number of rotatable bonds is 2. The average Bonchev–Trinajstić information content (AvgIpc) is 2.61. The fourth-order valence-corrected chi connectivity index (χ4v) is 2.86. The Balaban J connectivity index is 2.11. The van der Waals surface area contributed by atoms with Crippen LogP contribution in [0.1, 0.15) is 0 Å². The highest BCUT2D eigenvalue weighted by molar-refractivity contribution is 6.06. The standard InChI is InChI=1S/C20H14O3/c1-22-18-9-5-8-15-14(18)10-11-16-17(21)12-19(23-20(15)16)13-6-3-2-4-7-13/h2-12H,1H3. The monoisotopic (exact) mass is 302 g/mol. The Morgan fingerprint density at radius 3 is 2.39 bits per heavy atom. The molecule has 0 saturated carbocycles. The van der Waals surface area contributed by atoms with Gasteiger partial charge in [-0.1, -0.05) is 42.5 Å². The van der Waals surface area contributed by atoms with Gasteiger partial charge in [0.25, 0.3) is 0 Å². The molecule has 0 aliphatic heterocycles. The highest BCUT2D eigenvalue weighted by Crippen LogP contribution is 2.32. The van der Waals surface area contributed by atoms with Crippen molar-refractivity contribution in [3.63, 3.8) is 0 Å². The molecule has 0 fully saturated rings. The quantitative estimate of drug-likeness (QED) is 0.507. The maximum absolute atomic E-state index is 12.5. The Morgan fingerprint density at radius 1 is 0.826 bits per heavy atom. The lowest BCUT2D eigenvalue weighted by atomic mass is 10.0. The van der Waals surface area contributed by atoms with E-state index in [2.05, 4.69) is 0 Å². The molecule has 0 amide bonds. The van der Waals surface area contributed by atoms with Crippen molar-refractivity contribution in [3.8, 4) is 17.1 Å². The Morgan fingerprint density at radius 2 is 1.61 bits per heavy atom. The summed E-state index contributed by atoms with van der Waals surface area (Å²) in [7, 11) is 1.63. The summed E-state index contributed by atoms with van der Waals surface area (Å²) in [4.78, 5) is 12.5. The smallest absolute Gasteiger partial charge is 0.193 e. The van der Waals surface area contributed by atoms with E-state index in [9.17, 15) is 4.79 Å². The van der Waals surface area contributed by atoms with Gasteiger partial charge in [0.15, 0.2) is 5.43 Å². The second-order valence-electron chi connectivity index (χ2n) is 5.34. The molecule has 23 heavy (non-hydrogen) atoms. The van der Waals surface area contributed by atoms with E-state index in [1.54, 1.807) is 19.2 Å². The van der Waals surface area contributed by atoms with Crippen LogP contribution < -0.4 is 10.2 Å². The summed E-state index contributed by atoms with van der Waals surface area (Å²) in [5, 5.41) is 2.37. The van der Waals surface area contributed by atoms with Gasteiger partial charge in [0.1, 0.15) is 17.1 Å². The summed E-state index contributed by atoms with van der Waals surface area (Å²) in [6, 6.07) is 20.6. The number of ether oxygens (including phenoxy) is 1. The van der Waals surface area contributed by atoms with Crippen molar-refractivity contribution in [1.29, 1.82) is 0 Å². The largest absolute Gasteiger partial charge is 0.496 e. The molecule has 0 aliphatic rings. The van der Waals surface area contributed by atoms with Crippen molar-refractivity contribution in [2.75, 3.05) is 7.11 Å². The van der Waals surface area contributed by atoms with E-state index < -0.39 is 0 Å². The Labute approximate surface area is 132 Å². The highest BCUT2D eigenvalue weighted by Gasteiger charge is 2.11. The van der Waals surface area contributed by atoms with Crippen molar-refractivity contribution in [1.82, 2.24) is 0 Å². The van der Waals surface area contributed by atoms with Crippen LogP contribution in [0.25, 0.3) is 33.1 Å². The third-order valence-corrected chi connectivity index (χ3v) is 3.99. The zero-order valence-electron chi connectivity index (χ0n) is 12.6. The predicted octanol–water partition coefficient (Wildman–Crippen LogP) is 4.62. The van der Waals surface area contributed by atoms with E-state index >= 15 is 0 Å². The van der Waals surface area contributed by atoms with E-state index in [1.165, 1.54) is 0 Å². The predicted molar refractivity (Wildman–Crippen MR) is 92.0 cm³/mol. The lowest BCUT2D eigenvalue weighted by Gasteiger charge is -2.08. The van der Waals surface area contributed by atoms with Gasteiger partial charge in [-0.2, -0.15) is 0 Å². The fraction of sp³-hybridized carbons (Fsp3) is 0.0500. The van der Waals surface area contributed by atoms with Crippen molar-refractivity contribution >= 4 is 21.7 Å². The van der Waals surface area contributed by atoms with Crippen LogP contribution >= 0.6 is 0 Å². The number of hydrogen-bond donors (Lipinski definition) is 0. The molecular formula is C20H14O3. The highest BCUT2D eigenvalue weighted by atomic mass is 16.5. The first-order chi connectivity index (χ1) is 11.3. The summed E-state index contributed by atoms with van der Waals surface area (Å²) in [6.45, 7) is 0. The second kappa shape index (κ2) is 5.29. The van der Waals surface area contributed by atoms with Gasteiger partial charge in [0, 0.05) is 22.4 Å². The Bertz CT molecular complexity index is 1060. The lowest BCUT2D eigenvalue weighted by Crippen LogP contribution is -2.00. The zero-order chi connectivity index (χ0) is 15.8. The topological polar surface area (TPSA) is 39.4 Å². The molecular weight excluding hydrogens is 288 g/mol. The third kappa shape index (κ3) is 2.18. The van der Waals surface area contributed by atoms with Crippen molar-refractivity contribution in [2.24, 2.45) is 0 Å². The summed E-state index contributed by atoms with van der Waals surface area (Å²) in [5.74, 6) is 1.33. The molecule has 0 aliphatic carbocycles. The zero-order valence-corrected chi connectivity index (χ0v) is 12.6. The molecule has 0 atom stereocenters. The minimum absolute atomic E-state index is 0.0465. The van der Waals surface area contributed by atoms with E-state index in [4.69, 9.17) is 9.15 Å². The lowest BCUT2D eigenvalue weighted by molar-refractivity contribution is 0.420. The maximum atomic E-state index is 12.5. The summed E-state index contributed by atoms with van der Waals surface area (Å²) >= 11 is 0. The van der Waals surface area contributed by atoms with E-state index in [0.717, 1.165) is 22.1 Å². The molecule has 0 bridgehead atoms. The first kappa shape index (κ1) is 13.6. The Hall–Kier alpha value is -3.07. The fourth-order valence-electron chi connectivity index (χ4n) is 2.86. The molecule has 0 spiro atoms. The molecule has 3 heteroatoms. The molecule has 1 aromatic heterocycles. The van der Waals surface area contributed by atoms with Crippen molar-refractivity contribution in [3.05, 3.63) is 77.0 Å². The van der Waals surface area contributed by atoms with E-state index in [1.807, 2.05) is 54.6 Å². The maximum Gasteiger partial charge on any atom is 0.193 e. The van der Waals surface area contributed by atoms with Crippen LogP contribution in [0.3, 0.4) is 0 Å². The molecule has 0 N–H and O–H groups in total. The first-order valence-electron chi connectivity index (χ1n) is 7.37. The van der Waals surface area contributed by atoms with Crippen LogP contribution in [0.2, 0.25) is 0 Å². The SMILES string of the molecule is COc1cccc2c1ccc1c(=O)cc(-c3ccccc3)oc12. The van der Waals surface area contributed by atoms with E-state index in [-0.39, 0.29) is 5.43 Å². The molecule has 0 unspecified atom stereocenters. The first-order valence-corrected chi connectivity index (χ1v) is 7.37. The summed E-state index contributed by atoms with van der Waals surface area (Å²) in [5.41, 5.74) is 1.42. The molecule has 4 aromatic rings. The van der Waals surface area contributed by atoms with E-state index in [0.29, 0.717) is 16.7 Å². The van der Waals surface area contributed by atoms with Crippen molar-refractivity contribution in [2.45, 2.75) is 0 Å². The minimum Gasteiger partial charge on any atom is -0.496 e. The van der Waals surface area contributed by atoms with Gasteiger partial charge in [0.2, 0.25) is 0 Å².